The van der Waals surface area contributed by atoms with Crippen LogP contribution in [-0.4, -0.2) is 11.7 Å². The van der Waals surface area contributed by atoms with Crippen LogP contribution in [0, 0.1) is 5.82 Å². The summed E-state index contributed by atoms with van der Waals surface area (Å²) in [7, 11) is 0.500. The number of para-hydroxylation sites is 2. The lowest BCUT2D eigenvalue weighted by molar-refractivity contribution is 0.628. The highest BCUT2D eigenvalue weighted by Gasteiger charge is 2.11. The van der Waals surface area contributed by atoms with E-state index in [0.29, 0.717) is 7.18 Å². The Balaban J connectivity index is 0.000000540. The lowest BCUT2D eigenvalue weighted by Gasteiger charge is -2.11. The number of benzene rings is 3. The molecule has 0 atom stereocenters. The summed E-state index contributed by atoms with van der Waals surface area (Å²) in [6.45, 7) is 9.25. The third-order valence-corrected chi connectivity index (χ3v) is 3.87. The smallest absolute Gasteiger partial charge is 0.123 e. The Labute approximate surface area is 172 Å². The maximum absolute atomic E-state index is 13.2. The van der Waals surface area contributed by atoms with Crippen molar-refractivity contribution < 1.29 is 8.78 Å². The summed E-state index contributed by atoms with van der Waals surface area (Å²) in [5.41, 5.74) is 4.31. The summed E-state index contributed by atoms with van der Waals surface area (Å²) in [5.74, 6) is -0.217. The molecule has 0 bridgehead atoms. The zero-order valence-electron chi connectivity index (χ0n) is 17.6. The second-order valence-electron chi connectivity index (χ2n) is 5.67. The molecule has 0 aliphatic heterocycles. The molecule has 1 heterocycles. The molecule has 1 nitrogen and oxygen atoms in total. The Bertz CT molecular complexity index is 971. The Hall–Kier alpha value is -3.20. The molecule has 0 unspecified atom stereocenters. The molecule has 29 heavy (non-hydrogen) atoms. The predicted octanol–water partition coefficient (Wildman–Crippen LogP) is 8.24. The second-order valence-corrected chi connectivity index (χ2v) is 5.67. The maximum atomic E-state index is 13.2. The first-order chi connectivity index (χ1) is 14.2. The second kappa shape index (κ2) is 13.1. The number of hydrogen-bond acceptors (Lipinski definition) is 0. The molecular weight excluding hydrogens is 364 g/mol. The predicted molar refractivity (Wildman–Crippen MR) is 123 cm³/mol. The van der Waals surface area contributed by atoms with Gasteiger partial charge in [-0.1, -0.05) is 56.3 Å². The van der Waals surface area contributed by atoms with Crippen molar-refractivity contribution >= 4 is 10.9 Å². The van der Waals surface area contributed by atoms with Crippen molar-refractivity contribution in [2.24, 2.45) is 0 Å². The van der Waals surface area contributed by atoms with Gasteiger partial charge >= 0.3 is 0 Å². The molecule has 0 fully saturated rings. The molecule has 0 radical (unpaired) electrons. The number of nitrogens with zero attached hydrogens (tertiary/aromatic N) is 1. The van der Waals surface area contributed by atoms with E-state index in [4.69, 9.17) is 0 Å². The first-order valence-electron chi connectivity index (χ1n) is 9.61. The van der Waals surface area contributed by atoms with Crippen LogP contribution in [0.5, 0.6) is 0 Å². The van der Waals surface area contributed by atoms with E-state index in [-0.39, 0.29) is 5.82 Å². The van der Waals surface area contributed by atoms with Crippen LogP contribution in [0.3, 0.4) is 0 Å². The molecule has 0 aliphatic rings. The number of alkyl halides is 1. The quantitative estimate of drug-likeness (QED) is 0.302. The van der Waals surface area contributed by atoms with Crippen LogP contribution in [0.1, 0.15) is 20.8 Å². The number of hydrogen-bond donors (Lipinski definition) is 0. The normalized spacial score (nSPS) is 9.17. The zero-order chi connectivity index (χ0) is 21.6. The summed E-state index contributed by atoms with van der Waals surface area (Å²) in [6.07, 6.45) is 1.75. The largest absolute Gasteiger partial charge is 0.309 e. The van der Waals surface area contributed by atoms with Gasteiger partial charge in [-0.3, -0.25) is 4.39 Å². The van der Waals surface area contributed by atoms with Gasteiger partial charge < -0.3 is 4.57 Å². The van der Waals surface area contributed by atoms with Crippen LogP contribution in [0.4, 0.5) is 8.78 Å². The monoisotopic (exact) mass is 393 g/mol. The lowest BCUT2D eigenvalue weighted by atomic mass is 10.1. The fourth-order valence-corrected chi connectivity index (χ4v) is 2.84. The molecule has 152 valence electrons. The number of halogens is 2. The molecule has 3 heteroatoms. The minimum atomic E-state index is -0.217. The molecule has 0 N–H and O–H groups in total. The fraction of sp³-hybridized carbons (Fsp3) is 0.154. The Kier molecular flexibility index (Phi) is 10.7. The molecule has 4 aromatic rings. The van der Waals surface area contributed by atoms with Crippen molar-refractivity contribution in [2.75, 3.05) is 7.18 Å². The van der Waals surface area contributed by atoms with Crippen molar-refractivity contribution in [2.45, 2.75) is 20.8 Å². The minimum Gasteiger partial charge on any atom is -0.309 e. The maximum Gasteiger partial charge on any atom is 0.123 e. The van der Waals surface area contributed by atoms with Crippen molar-refractivity contribution in [3.63, 3.8) is 0 Å². The Morgan fingerprint density at radius 1 is 0.793 bits per heavy atom. The van der Waals surface area contributed by atoms with Gasteiger partial charge in [0.15, 0.2) is 0 Å². The van der Waals surface area contributed by atoms with Crippen LogP contribution in [-0.2, 0) is 0 Å². The van der Waals surface area contributed by atoms with Gasteiger partial charge in [0.1, 0.15) is 5.82 Å². The van der Waals surface area contributed by atoms with Gasteiger partial charge in [0.05, 0.1) is 18.4 Å². The van der Waals surface area contributed by atoms with Gasteiger partial charge in [-0.25, -0.2) is 4.39 Å². The van der Waals surface area contributed by atoms with E-state index < -0.39 is 0 Å². The standard InChI is InChI=1S/C20H14FN.C3H6.C2H6.CH3F/c21-17-12-10-15(11-13-17)20-14-16-6-4-5-9-19(16)22(20)18-7-2-1-3-8-18;1-3-2;2*1-2/h1-14H;3H,1H2,2H3;1-2H3;1H3. The third kappa shape index (κ3) is 6.15. The fourth-order valence-electron chi connectivity index (χ4n) is 2.84. The Morgan fingerprint density at radius 3 is 1.90 bits per heavy atom. The van der Waals surface area contributed by atoms with E-state index in [1.165, 1.54) is 17.5 Å². The van der Waals surface area contributed by atoms with Crippen LogP contribution >= 0.6 is 0 Å². The van der Waals surface area contributed by atoms with Crippen LogP contribution in [0.25, 0.3) is 27.8 Å². The van der Waals surface area contributed by atoms with E-state index >= 15 is 0 Å². The molecule has 0 saturated heterocycles. The first kappa shape index (κ1) is 23.8. The van der Waals surface area contributed by atoms with Gasteiger partial charge in [-0.15, -0.1) is 6.58 Å². The SMILES string of the molecule is C=CC.CC.CF.Fc1ccc(-c2cc3ccccc3n2-c2ccccc2)cc1. The summed E-state index contributed by atoms with van der Waals surface area (Å²) in [5, 5.41) is 1.17. The van der Waals surface area contributed by atoms with Crippen LogP contribution < -0.4 is 0 Å². The number of aromatic nitrogens is 1. The van der Waals surface area contributed by atoms with Crippen LogP contribution in [0.2, 0.25) is 0 Å². The molecule has 4 rings (SSSR count). The highest BCUT2D eigenvalue weighted by molar-refractivity contribution is 5.89. The van der Waals surface area contributed by atoms with Crippen molar-refractivity contribution in [1.82, 2.24) is 4.57 Å². The molecule has 3 aromatic carbocycles. The topological polar surface area (TPSA) is 4.93 Å². The van der Waals surface area contributed by atoms with Crippen molar-refractivity contribution in [3.8, 4) is 16.9 Å². The minimum absolute atomic E-state index is 0.217. The zero-order valence-corrected chi connectivity index (χ0v) is 17.6. The summed E-state index contributed by atoms with van der Waals surface area (Å²) in [4.78, 5) is 0. The summed E-state index contributed by atoms with van der Waals surface area (Å²) in [6, 6.07) is 27.3. The number of rotatable bonds is 2. The van der Waals surface area contributed by atoms with E-state index in [0.717, 1.165) is 22.5 Å². The van der Waals surface area contributed by atoms with Gasteiger partial charge in [-0.2, -0.15) is 0 Å². The molecule has 1 aromatic heterocycles. The van der Waals surface area contributed by atoms with E-state index in [9.17, 15) is 8.78 Å². The van der Waals surface area contributed by atoms with Crippen molar-refractivity contribution in [1.29, 1.82) is 0 Å². The summed E-state index contributed by atoms with van der Waals surface area (Å²) < 4.78 is 24.9. The van der Waals surface area contributed by atoms with Gasteiger partial charge in [0, 0.05) is 11.1 Å². The van der Waals surface area contributed by atoms with Crippen LogP contribution in [0.15, 0.2) is 97.6 Å². The Morgan fingerprint density at radius 2 is 1.31 bits per heavy atom. The number of fused-ring (bicyclic) bond motifs is 1. The average Bonchev–Trinajstić information content (AvgIpc) is 3.18. The molecular formula is C26H29F2N. The summed E-state index contributed by atoms with van der Waals surface area (Å²) >= 11 is 0. The van der Waals surface area contributed by atoms with E-state index in [1.807, 2.05) is 63.2 Å². The lowest BCUT2D eigenvalue weighted by Crippen LogP contribution is -1.96. The number of allylic oxidation sites excluding steroid dienone is 1. The third-order valence-electron chi connectivity index (χ3n) is 3.87. The van der Waals surface area contributed by atoms with Gasteiger partial charge in [0.25, 0.3) is 0 Å². The van der Waals surface area contributed by atoms with Gasteiger partial charge in [-0.05, 0) is 61.0 Å². The van der Waals surface area contributed by atoms with Gasteiger partial charge in [0.2, 0.25) is 0 Å². The molecule has 0 amide bonds. The molecule has 0 saturated carbocycles. The highest BCUT2D eigenvalue weighted by atomic mass is 19.1. The molecule has 0 aliphatic carbocycles. The molecule has 0 spiro atoms. The van der Waals surface area contributed by atoms with E-state index in [2.05, 4.69) is 41.5 Å². The van der Waals surface area contributed by atoms with E-state index in [1.54, 1.807) is 6.08 Å². The van der Waals surface area contributed by atoms with Crippen molar-refractivity contribution in [3.05, 3.63) is 103 Å². The average molecular weight is 394 g/mol. The first-order valence-corrected chi connectivity index (χ1v) is 9.61. The highest BCUT2D eigenvalue weighted by Crippen LogP contribution is 2.31.